The van der Waals surface area contributed by atoms with Crippen LogP contribution in [0.4, 0.5) is 5.69 Å². The van der Waals surface area contributed by atoms with Crippen LogP contribution in [0.5, 0.6) is 5.75 Å². The molecular weight excluding hydrogens is 437 g/mol. The van der Waals surface area contributed by atoms with Gasteiger partial charge in [-0.05, 0) is 67.8 Å². The maximum atomic E-state index is 12.8. The van der Waals surface area contributed by atoms with Crippen molar-refractivity contribution in [3.05, 3.63) is 90.0 Å². The fourth-order valence-corrected chi connectivity index (χ4v) is 4.79. The lowest BCUT2D eigenvalue weighted by Crippen LogP contribution is -2.14. The highest BCUT2D eigenvalue weighted by atomic mass is 31.2. The Bertz CT molecular complexity index is 1040. The fourth-order valence-electron chi connectivity index (χ4n) is 3.23. The predicted molar refractivity (Wildman–Crippen MR) is 131 cm³/mol. The highest BCUT2D eigenvalue weighted by Crippen LogP contribution is 2.46. The van der Waals surface area contributed by atoms with Crippen molar-refractivity contribution in [3.63, 3.8) is 0 Å². The number of rotatable bonds is 12. The molecule has 0 bridgehead atoms. The zero-order chi connectivity index (χ0) is 23.5. The van der Waals surface area contributed by atoms with E-state index in [4.69, 9.17) is 13.8 Å². The SMILES string of the molecule is CCOP(=O)(OCC)c1ccc(NC(=O)CCc2ccc(OCc3ccccc3)cc2)cc1. The molecule has 33 heavy (non-hydrogen) atoms. The summed E-state index contributed by atoms with van der Waals surface area (Å²) < 4.78 is 29.3. The number of anilines is 1. The maximum absolute atomic E-state index is 12.8. The Morgan fingerprint density at radius 2 is 1.45 bits per heavy atom. The highest BCUT2D eigenvalue weighted by molar-refractivity contribution is 7.62. The molecule has 7 heteroatoms. The molecule has 0 spiro atoms. The average molecular weight is 468 g/mol. The Morgan fingerprint density at radius 3 is 2.06 bits per heavy atom. The van der Waals surface area contributed by atoms with E-state index in [0.29, 0.717) is 30.4 Å². The third kappa shape index (κ3) is 7.57. The zero-order valence-corrected chi connectivity index (χ0v) is 19.9. The highest BCUT2D eigenvalue weighted by Gasteiger charge is 2.26. The van der Waals surface area contributed by atoms with Gasteiger partial charge in [0.25, 0.3) is 0 Å². The third-order valence-corrected chi connectivity index (χ3v) is 7.00. The van der Waals surface area contributed by atoms with Gasteiger partial charge in [-0.15, -0.1) is 0 Å². The van der Waals surface area contributed by atoms with E-state index in [2.05, 4.69) is 5.32 Å². The summed E-state index contributed by atoms with van der Waals surface area (Å²) in [6.45, 7) is 4.63. The van der Waals surface area contributed by atoms with Crippen LogP contribution in [-0.2, 0) is 31.4 Å². The predicted octanol–water partition coefficient (Wildman–Crippen LogP) is 5.73. The monoisotopic (exact) mass is 467 g/mol. The van der Waals surface area contributed by atoms with Crippen LogP contribution in [0.1, 0.15) is 31.4 Å². The Labute approximate surface area is 195 Å². The van der Waals surface area contributed by atoms with E-state index in [1.165, 1.54) is 0 Å². The van der Waals surface area contributed by atoms with Crippen molar-refractivity contribution in [1.29, 1.82) is 0 Å². The van der Waals surface area contributed by atoms with E-state index in [0.717, 1.165) is 16.9 Å². The van der Waals surface area contributed by atoms with Gasteiger partial charge in [-0.3, -0.25) is 9.36 Å². The van der Waals surface area contributed by atoms with Crippen LogP contribution in [0.25, 0.3) is 0 Å². The van der Waals surface area contributed by atoms with Crippen molar-refractivity contribution in [3.8, 4) is 5.75 Å². The van der Waals surface area contributed by atoms with E-state index in [1.807, 2.05) is 54.6 Å². The zero-order valence-electron chi connectivity index (χ0n) is 19.0. The maximum Gasteiger partial charge on any atom is 0.361 e. The lowest BCUT2D eigenvalue weighted by Gasteiger charge is -2.17. The number of hydrogen-bond donors (Lipinski definition) is 1. The molecule has 0 heterocycles. The third-order valence-electron chi connectivity index (χ3n) is 4.88. The number of aryl methyl sites for hydroxylation is 1. The quantitative estimate of drug-likeness (QED) is 0.345. The summed E-state index contributed by atoms with van der Waals surface area (Å²) in [5, 5.41) is 3.34. The number of ether oxygens (including phenoxy) is 1. The number of carbonyl (C=O) groups excluding carboxylic acids is 1. The summed E-state index contributed by atoms with van der Waals surface area (Å²) >= 11 is 0. The van der Waals surface area contributed by atoms with Crippen molar-refractivity contribution < 1.29 is 23.1 Å². The van der Waals surface area contributed by atoms with Gasteiger partial charge in [0.1, 0.15) is 12.4 Å². The van der Waals surface area contributed by atoms with E-state index in [9.17, 15) is 9.36 Å². The van der Waals surface area contributed by atoms with Gasteiger partial charge in [-0.2, -0.15) is 0 Å². The van der Waals surface area contributed by atoms with Crippen molar-refractivity contribution in [2.45, 2.75) is 33.3 Å². The van der Waals surface area contributed by atoms with E-state index >= 15 is 0 Å². The molecule has 0 aliphatic rings. The first-order valence-corrected chi connectivity index (χ1v) is 12.6. The van der Waals surface area contributed by atoms with E-state index in [-0.39, 0.29) is 19.1 Å². The Balaban J connectivity index is 1.47. The molecule has 0 aliphatic heterocycles. The standard InChI is InChI=1S/C26H30NO5P/c1-3-31-33(29,32-4-2)25-17-13-23(14-18-25)27-26(28)19-12-21-10-15-24(16-11-21)30-20-22-8-6-5-7-9-22/h5-11,13-18H,3-4,12,19-20H2,1-2H3,(H,27,28). The van der Waals surface area contributed by atoms with E-state index < -0.39 is 7.60 Å². The van der Waals surface area contributed by atoms with Gasteiger partial charge >= 0.3 is 7.60 Å². The number of nitrogens with one attached hydrogen (secondary N) is 1. The molecule has 0 atom stereocenters. The summed E-state index contributed by atoms with van der Waals surface area (Å²) in [6.07, 6.45) is 0.967. The van der Waals surface area contributed by atoms with Crippen LogP contribution in [-0.4, -0.2) is 19.1 Å². The number of amides is 1. The van der Waals surface area contributed by atoms with Gasteiger partial charge < -0.3 is 19.1 Å². The second-order valence-electron chi connectivity index (χ2n) is 7.35. The molecule has 3 rings (SSSR count). The molecular formula is C26H30NO5P. The molecule has 0 saturated carbocycles. The van der Waals surface area contributed by atoms with Gasteiger partial charge in [0, 0.05) is 12.1 Å². The Hall–Kier alpha value is -2.92. The Kier molecular flexibility index (Phi) is 9.25. The normalized spacial score (nSPS) is 11.2. The van der Waals surface area contributed by atoms with Crippen LogP contribution in [0.2, 0.25) is 0 Å². The molecule has 0 radical (unpaired) electrons. The molecule has 0 aliphatic carbocycles. The van der Waals surface area contributed by atoms with Crippen molar-refractivity contribution in [1.82, 2.24) is 0 Å². The molecule has 1 amide bonds. The summed E-state index contributed by atoms with van der Waals surface area (Å²) in [5.41, 5.74) is 2.81. The minimum atomic E-state index is -3.33. The molecule has 6 nitrogen and oxygen atoms in total. The first kappa shape index (κ1) is 24.7. The first-order chi connectivity index (χ1) is 16.0. The fraction of sp³-hybridized carbons (Fsp3) is 0.269. The molecule has 3 aromatic carbocycles. The van der Waals surface area contributed by atoms with Gasteiger partial charge in [-0.25, -0.2) is 0 Å². The average Bonchev–Trinajstić information content (AvgIpc) is 2.83. The Morgan fingerprint density at radius 1 is 0.818 bits per heavy atom. The van der Waals surface area contributed by atoms with Gasteiger partial charge in [0.2, 0.25) is 5.91 Å². The van der Waals surface area contributed by atoms with Gasteiger partial charge in [-0.1, -0.05) is 42.5 Å². The van der Waals surface area contributed by atoms with Crippen molar-refractivity contribution in [2.75, 3.05) is 18.5 Å². The van der Waals surface area contributed by atoms with Crippen molar-refractivity contribution in [2.24, 2.45) is 0 Å². The molecule has 0 unspecified atom stereocenters. The topological polar surface area (TPSA) is 73.9 Å². The first-order valence-electron chi connectivity index (χ1n) is 11.1. The second-order valence-corrected chi connectivity index (χ2v) is 9.37. The molecule has 1 N–H and O–H groups in total. The largest absolute Gasteiger partial charge is 0.489 e. The van der Waals surface area contributed by atoms with Crippen LogP contribution < -0.4 is 15.4 Å². The van der Waals surface area contributed by atoms with Gasteiger partial charge in [0.15, 0.2) is 0 Å². The summed E-state index contributed by atoms with van der Waals surface area (Å²) in [7, 11) is -3.33. The summed E-state index contributed by atoms with van der Waals surface area (Å²) in [6, 6.07) is 24.5. The molecule has 0 fully saturated rings. The number of hydrogen-bond acceptors (Lipinski definition) is 5. The minimum absolute atomic E-state index is 0.0926. The molecule has 3 aromatic rings. The molecule has 0 aromatic heterocycles. The molecule has 174 valence electrons. The van der Waals surface area contributed by atoms with Crippen molar-refractivity contribution >= 4 is 24.5 Å². The minimum Gasteiger partial charge on any atom is -0.489 e. The summed E-state index contributed by atoms with van der Waals surface area (Å²) in [4.78, 5) is 12.4. The lowest BCUT2D eigenvalue weighted by molar-refractivity contribution is -0.116. The second kappa shape index (κ2) is 12.4. The van der Waals surface area contributed by atoms with E-state index in [1.54, 1.807) is 38.1 Å². The van der Waals surface area contributed by atoms with Crippen LogP contribution in [0, 0.1) is 0 Å². The van der Waals surface area contributed by atoms with Crippen LogP contribution in [0.3, 0.4) is 0 Å². The van der Waals surface area contributed by atoms with Crippen LogP contribution >= 0.6 is 7.60 Å². The summed E-state index contributed by atoms with van der Waals surface area (Å²) in [5.74, 6) is 0.702. The smallest absolute Gasteiger partial charge is 0.361 e. The van der Waals surface area contributed by atoms with Crippen LogP contribution in [0.15, 0.2) is 78.9 Å². The molecule has 0 saturated heterocycles. The number of benzene rings is 3. The lowest BCUT2D eigenvalue weighted by atomic mass is 10.1. The van der Waals surface area contributed by atoms with Gasteiger partial charge in [0.05, 0.1) is 18.5 Å². The number of carbonyl (C=O) groups is 1.